The van der Waals surface area contributed by atoms with Gasteiger partial charge in [-0.1, -0.05) is 18.2 Å². The number of fused-ring (bicyclic) bond motifs is 1. The number of nitrogens with zero attached hydrogens (tertiary/aromatic N) is 1. The zero-order chi connectivity index (χ0) is 19.6. The van der Waals surface area contributed by atoms with E-state index in [4.69, 9.17) is 9.56 Å². The van der Waals surface area contributed by atoms with Crippen molar-refractivity contribution in [3.8, 4) is 0 Å². The monoisotopic (exact) mass is 389 g/mol. The number of nitrogens with two attached hydrogens (primary N) is 1. The molecule has 0 bridgehead atoms. The Morgan fingerprint density at radius 1 is 1.22 bits per heavy atom. The highest BCUT2D eigenvalue weighted by Crippen LogP contribution is 2.19. The van der Waals surface area contributed by atoms with Gasteiger partial charge in [-0.25, -0.2) is 18.4 Å². The Balaban J connectivity index is 1.64. The van der Waals surface area contributed by atoms with Crippen molar-refractivity contribution in [1.29, 1.82) is 0 Å². The first-order valence-electron chi connectivity index (χ1n) is 8.27. The number of carbonyl (C=O) groups is 1. The van der Waals surface area contributed by atoms with Gasteiger partial charge in [0.1, 0.15) is 0 Å². The van der Waals surface area contributed by atoms with Gasteiger partial charge in [0.2, 0.25) is 15.9 Å². The smallest absolute Gasteiger partial charge is 0.408 e. The number of sulfonamides is 1. The molecule has 3 rings (SSSR count). The molecule has 0 spiro atoms. The third kappa shape index (κ3) is 4.26. The van der Waals surface area contributed by atoms with Crippen LogP contribution in [-0.2, 0) is 21.4 Å². The van der Waals surface area contributed by atoms with Crippen molar-refractivity contribution in [3.05, 3.63) is 58.6 Å². The maximum atomic E-state index is 12.1. The van der Waals surface area contributed by atoms with E-state index in [1.165, 1.54) is 10.6 Å². The molecule has 27 heavy (non-hydrogen) atoms. The van der Waals surface area contributed by atoms with Gasteiger partial charge >= 0.3 is 5.76 Å². The summed E-state index contributed by atoms with van der Waals surface area (Å²) < 4.78 is 29.7. The summed E-state index contributed by atoms with van der Waals surface area (Å²) in [5.74, 6) is -0.756. The van der Waals surface area contributed by atoms with Gasteiger partial charge in [0.15, 0.2) is 5.58 Å². The normalized spacial score (nSPS) is 11.6. The molecule has 0 fully saturated rings. The molecule has 0 atom stereocenters. The van der Waals surface area contributed by atoms with Gasteiger partial charge in [-0.2, -0.15) is 0 Å². The van der Waals surface area contributed by atoms with Crippen LogP contribution < -0.4 is 16.2 Å². The second-order valence-electron chi connectivity index (χ2n) is 6.16. The van der Waals surface area contributed by atoms with E-state index in [1.54, 1.807) is 43.3 Å². The van der Waals surface area contributed by atoms with Crippen LogP contribution >= 0.6 is 0 Å². The van der Waals surface area contributed by atoms with E-state index in [-0.39, 0.29) is 17.2 Å². The fourth-order valence-electron chi connectivity index (χ4n) is 2.83. The third-order valence-electron chi connectivity index (χ3n) is 4.14. The van der Waals surface area contributed by atoms with Gasteiger partial charge in [0, 0.05) is 18.7 Å². The van der Waals surface area contributed by atoms with Gasteiger partial charge in [-0.05, 0) is 43.2 Å². The molecule has 0 unspecified atom stereocenters. The first-order valence-corrected chi connectivity index (χ1v) is 9.82. The molecule has 1 amide bonds. The van der Waals surface area contributed by atoms with Crippen LogP contribution in [0.5, 0.6) is 0 Å². The van der Waals surface area contributed by atoms with Crippen LogP contribution in [0.3, 0.4) is 0 Å². The summed E-state index contributed by atoms with van der Waals surface area (Å²) in [6, 6.07) is 11.6. The number of benzene rings is 2. The lowest BCUT2D eigenvalue weighted by Crippen LogP contribution is -2.18. The van der Waals surface area contributed by atoms with Crippen LogP contribution in [0.1, 0.15) is 18.4 Å². The van der Waals surface area contributed by atoms with Crippen LogP contribution in [-0.4, -0.2) is 18.9 Å². The van der Waals surface area contributed by atoms with Crippen molar-refractivity contribution in [2.24, 2.45) is 5.14 Å². The molecule has 8 nitrogen and oxygen atoms in total. The standard InChI is InChI=1S/C18H19N3O5S/c1-12-8-9-13(11-16(12)27(19,24)25)20-17(22)7-4-10-21-14-5-2-3-6-15(14)26-18(21)23/h2-3,5-6,8-9,11H,4,7,10H2,1H3,(H,20,22)(H2,19,24,25). The van der Waals surface area contributed by atoms with Crippen molar-refractivity contribution in [1.82, 2.24) is 4.57 Å². The van der Waals surface area contributed by atoms with E-state index in [1.807, 2.05) is 0 Å². The zero-order valence-electron chi connectivity index (χ0n) is 14.6. The van der Waals surface area contributed by atoms with Crippen molar-refractivity contribution >= 4 is 32.7 Å². The topological polar surface area (TPSA) is 124 Å². The minimum atomic E-state index is -3.86. The van der Waals surface area contributed by atoms with E-state index in [0.29, 0.717) is 35.3 Å². The van der Waals surface area contributed by atoms with Gasteiger partial charge < -0.3 is 9.73 Å². The van der Waals surface area contributed by atoms with E-state index in [0.717, 1.165) is 0 Å². The molecule has 2 aromatic carbocycles. The molecular weight excluding hydrogens is 370 g/mol. The van der Waals surface area contributed by atoms with Crippen LogP contribution in [0, 0.1) is 6.92 Å². The Morgan fingerprint density at radius 2 is 1.96 bits per heavy atom. The van der Waals surface area contributed by atoms with Gasteiger partial charge in [-0.15, -0.1) is 0 Å². The highest BCUT2D eigenvalue weighted by molar-refractivity contribution is 7.89. The number of primary sulfonamides is 1. The Hall–Kier alpha value is -2.91. The quantitative estimate of drug-likeness (QED) is 0.667. The molecule has 3 aromatic rings. The summed E-state index contributed by atoms with van der Waals surface area (Å²) in [5, 5.41) is 7.81. The number of nitrogens with one attached hydrogen (secondary N) is 1. The minimum absolute atomic E-state index is 0.0308. The van der Waals surface area contributed by atoms with E-state index >= 15 is 0 Å². The molecule has 0 radical (unpaired) electrons. The van der Waals surface area contributed by atoms with Crippen LogP contribution in [0.4, 0.5) is 5.69 Å². The Kier molecular flexibility index (Phi) is 5.15. The van der Waals surface area contributed by atoms with E-state index in [9.17, 15) is 18.0 Å². The molecular formula is C18H19N3O5S. The second-order valence-corrected chi connectivity index (χ2v) is 7.69. The summed E-state index contributed by atoms with van der Waals surface area (Å²) in [4.78, 5) is 24.0. The number of hydrogen-bond donors (Lipinski definition) is 2. The molecule has 0 aliphatic rings. The van der Waals surface area contributed by atoms with Crippen LogP contribution in [0.2, 0.25) is 0 Å². The largest absolute Gasteiger partial charge is 0.419 e. The highest BCUT2D eigenvalue weighted by atomic mass is 32.2. The number of oxazole rings is 1. The molecule has 9 heteroatoms. The maximum Gasteiger partial charge on any atom is 0.419 e. The first-order chi connectivity index (χ1) is 12.8. The number of hydrogen-bond acceptors (Lipinski definition) is 5. The lowest BCUT2D eigenvalue weighted by Gasteiger charge is -2.09. The Labute approximate surface area is 155 Å². The van der Waals surface area contributed by atoms with Crippen LogP contribution in [0.25, 0.3) is 11.1 Å². The van der Waals surface area contributed by atoms with Gasteiger partial charge in [0.05, 0.1) is 10.4 Å². The van der Waals surface area contributed by atoms with Crippen molar-refractivity contribution in [2.75, 3.05) is 5.32 Å². The van der Waals surface area contributed by atoms with Gasteiger partial charge in [-0.3, -0.25) is 9.36 Å². The van der Waals surface area contributed by atoms with Gasteiger partial charge in [0.25, 0.3) is 0 Å². The third-order valence-corrected chi connectivity index (χ3v) is 5.19. The summed E-state index contributed by atoms with van der Waals surface area (Å²) in [6.45, 7) is 1.96. The predicted molar refractivity (Wildman–Crippen MR) is 101 cm³/mol. The fourth-order valence-corrected chi connectivity index (χ4v) is 3.64. The zero-order valence-corrected chi connectivity index (χ0v) is 15.5. The summed E-state index contributed by atoms with van der Waals surface area (Å²) >= 11 is 0. The second kappa shape index (κ2) is 7.37. The number of para-hydroxylation sites is 2. The van der Waals surface area contributed by atoms with Crippen molar-refractivity contribution in [2.45, 2.75) is 31.2 Å². The molecule has 3 N–H and O–H groups in total. The van der Waals surface area contributed by atoms with E-state index < -0.39 is 15.8 Å². The number of aromatic nitrogens is 1. The lowest BCUT2D eigenvalue weighted by atomic mass is 10.2. The number of amides is 1. The minimum Gasteiger partial charge on any atom is -0.408 e. The van der Waals surface area contributed by atoms with Crippen LogP contribution in [0.15, 0.2) is 56.6 Å². The average Bonchev–Trinajstić information content (AvgIpc) is 2.91. The predicted octanol–water partition coefficient (Wildman–Crippen LogP) is 1.97. The highest BCUT2D eigenvalue weighted by Gasteiger charge is 2.13. The molecule has 0 saturated heterocycles. The molecule has 0 aliphatic heterocycles. The maximum absolute atomic E-state index is 12.1. The first kappa shape index (κ1) is 18.9. The average molecular weight is 389 g/mol. The summed E-state index contributed by atoms with van der Waals surface area (Å²) in [6.07, 6.45) is 0.577. The fraction of sp³-hybridized carbons (Fsp3) is 0.222. The molecule has 0 aliphatic carbocycles. The number of carbonyl (C=O) groups excluding carboxylic acids is 1. The van der Waals surface area contributed by atoms with Crippen molar-refractivity contribution < 1.29 is 17.6 Å². The summed E-state index contributed by atoms with van der Waals surface area (Å²) in [7, 11) is -3.86. The Morgan fingerprint density at radius 3 is 2.70 bits per heavy atom. The number of aryl methyl sites for hydroxylation is 2. The van der Waals surface area contributed by atoms with Crippen molar-refractivity contribution in [3.63, 3.8) is 0 Å². The Bertz CT molecular complexity index is 1160. The summed E-state index contributed by atoms with van der Waals surface area (Å²) in [5.41, 5.74) is 2.03. The van der Waals surface area contributed by atoms with E-state index in [2.05, 4.69) is 5.32 Å². The number of anilines is 1. The molecule has 0 saturated carbocycles. The molecule has 1 aromatic heterocycles. The molecule has 142 valence electrons. The number of rotatable bonds is 6. The SMILES string of the molecule is Cc1ccc(NC(=O)CCCn2c(=O)oc3ccccc32)cc1S(N)(=O)=O. The molecule has 1 heterocycles. The lowest BCUT2D eigenvalue weighted by molar-refractivity contribution is -0.116.